The Morgan fingerprint density at radius 1 is 1.30 bits per heavy atom. The number of carbonyl (C=O) groups is 1. The highest BCUT2D eigenvalue weighted by Crippen LogP contribution is 2.36. The van der Waals surface area contributed by atoms with E-state index in [2.05, 4.69) is 29.5 Å². The quantitative estimate of drug-likeness (QED) is 0.428. The van der Waals surface area contributed by atoms with Crippen LogP contribution in [-0.2, 0) is 4.79 Å². The van der Waals surface area contributed by atoms with Crippen LogP contribution in [0.25, 0.3) is 0 Å². The number of nitrogens with zero attached hydrogens (tertiary/aromatic N) is 1. The maximum atomic E-state index is 11.9. The van der Waals surface area contributed by atoms with Crippen LogP contribution >= 0.6 is 0 Å². The molecule has 106 valence electrons. The van der Waals surface area contributed by atoms with Gasteiger partial charge in [0.1, 0.15) is 0 Å². The van der Waals surface area contributed by atoms with Crippen LogP contribution < -0.4 is 5.32 Å². The van der Waals surface area contributed by atoms with Crippen molar-refractivity contribution in [3.05, 3.63) is 60.5 Å². The molecule has 1 aliphatic carbocycles. The average Bonchev–Trinajstić information content (AvgIpc) is 3.25. The van der Waals surface area contributed by atoms with Gasteiger partial charge in [-0.3, -0.25) is 9.79 Å². The Kier molecular flexibility index (Phi) is 6.44. The maximum Gasteiger partial charge on any atom is 0.257 e. The van der Waals surface area contributed by atoms with Crippen molar-refractivity contribution in [1.82, 2.24) is 5.32 Å². The van der Waals surface area contributed by atoms with Gasteiger partial charge in [0, 0.05) is 18.1 Å². The summed E-state index contributed by atoms with van der Waals surface area (Å²) in [6, 6.07) is 0. The van der Waals surface area contributed by atoms with Crippen molar-refractivity contribution < 1.29 is 4.79 Å². The fourth-order valence-corrected chi connectivity index (χ4v) is 1.70. The van der Waals surface area contributed by atoms with E-state index in [0.717, 1.165) is 0 Å². The van der Waals surface area contributed by atoms with Crippen molar-refractivity contribution in [3.8, 4) is 0 Å². The zero-order valence-electron chi connectivity index (χ0n) is 12.2. The number of amides is 1. The van der Waals surface area contributed by atoms with Gasteiger partial charge in [-0.1, -0.05) is 31.4 Å². The molecule has 0 aromatic rings. The van der Waals surface area contributed by atoms with Gasteiger partial charge >= 0.3 is 0 Å². The molecule has 0 radical (unpaired) electrons. The minimum atomic E-state index is -0.256. The monoisotopic (exact) mass is 270 g/mol. The summed E-state index contributed by atoms with van der Waals surface area (Å²) in [7, 11) is 0. The Labute approximate surface area is 121 Å². The molecule has 3 nitrogen and oxygen atoms in total. The lowest BCUT2D eigenvalue weighted by atomic mass is 10.1. The molecule has 0 saturated heterocycles. The molecular formula is C17H22N2O. The minimum Gasteiger partial charge on any atom is -0.323 e. The lowest BCUT2D eigenvalue weighted by Gasteiger charge is -2.05. The van der Waals surface area contributed by atoms with E-state index in [9.17, 15) is 4.79 Å². The first-order valence-corrected chi connectivity index (χ1v) is 6.77. The molecule has 1 N–H and O–H groups in total. The van der Waals surface area contributed by atoms with Crippen LogP contribution in [0.2, 0.25) is 0 Å². The van der Waals surface area contributed by atoms with E-state index < -0.39 is 0 Å². The molecule has 0 unspecified atom stereocenters. The molecule has 0 bridgehead atoms. The van der Waals surface area contributed by atoms with E-state index in [4.69, 9.17) is 0 Å². The van der Waals surface area contributed by atoms with Crippen molar-refractivity contribution in [1.29, 1.82) is 0 Å². The van der Waals surface area contributed by atoms with Gasteiger partial charge in [0.15, 0.2) is 0 Å². The molecule has 0 aromatic carbocycles. The molecular weight excluding hydrogens is 248 g/mol. The molecule has 20 heavy (non-hydrogen) atoms. The van der Waals surface area contributed by atoms with E-state index >= 15 is 0 Å². The fourth-order valence-electron chi connectivity index (χ4n) is 1.70. The highest BCUT2D eigenvalue weighted by Gasteiger charge is 2.23. The predicted octanol–water partition coefficient (Wildman–Crippen LogP) is 3.69. The molecule has 0 aromatic heterocycles. The van der Waals surface area contributed by atoms with Crippen LogP contribution in [0.1, 0.15) is 26.7 Å². The van der Waals surface area contributed by atoms with E-state index in [1.54, 1.807) is 13.1 Å². The van der Waals surface area contributed by atoms with Crippen LogP contribution in [0.4, 0.5) is 0 Å². The summed E-state index contributed by atoms with van der Waals surface area (Å²) in [5, 5.41) is 2.72. The first-order chi connectivity index (χ1) is 9.62. The van der Waals surface area contributed by atoms with Gasteiger partial charge in [-0.2, -0.15) is 0 Å². The van der Waals surface area contributed by atoms with Crippen LogP contribution in [0.5, 0.6) is 0 Å². The fraction of sp³-hybridized carbons (Fsp3) is 0.294. The number of nitrogens with one attached hydrogen (secondary N) is 1. The number of carbonyl (C=O) groups excluding carboxylic acids is 1. The second-order valence-corrected chi connectivity index (χ2v) is 4.57. The zero-order valence-corrected chi connectivity index (χ0v) is 12.2. The molecule has 0 aliphatic heterocycles. The number of rotatable bonds is 7. The summed E-state index contributed by atoms with van der Waals surface area (Å²) in [6.45, 7) is 11.2. The van der Waals surface area contributed by atoms with Gasteiger partial charge in [-0.05, 0) is 44.3 Å². The second kappa shape index (κ2) is 8.10. The number of hydrogen-bond acceptors (Lipinski definition) is 2. The summed E-state index contributed by atoms with van der Waals surface area (Å²) in [4.78, 5) is 15.8. The summed E-state index contributed by atoms with van der Waals surface area (Å²) < 4.78 is 0. The SMILES string of the molecule is C=C/C(=C\N=CC)C(=O)NC(=C)/C=C\C(=C/C)C1CC1. The van der Waals surface area contributed by atoms with Crippen LogP contribution in [-0.4, -0.2) is 12.1 Å². The van der Waals surface area contributed by atoms with Crippen molar-refractivity contribution in [2.75, 3.05) is 0 Å². The van der Waals surface area contributed by atoms with Crippen molar-refractivity contribution >= 4 is 12.1 Å². The Balaban J connectivity index is 2.58. The third-order valence-electron chi connectivity index (χ3n) is 2.98. The maximum absolute atomic E-state index is 11.9. The lowest BCUT2D eigenvalue weighted by molar-refractivity contribution is -0.116. The minimum absolute atomic E-state index is 0.256. The standard InChI is InChI=1S/C17H22N2O/c1-5-14(16-10-11-16)9-8-13(4)19-17(20)15(6-2)12-18-7-3/h5-9,12,16H,2,4,10-11H2,1,3H3,(H,19,20)/b9-8-,14-5+,15-12+,18-7?. The lowest BCUT2D eigenvalue weighted by Crippen LogP contribution is -2.22. The first-order valence-electron chi connectivity index (χ1n) is 6.77. The van der Waals surface area contributed by atoms with E-state index in [1.165, 1.54) is 30.7 Å². The second-order valence-electron chi connectivity index (χ2n) is 4.57. The van der Waals surface area contributed by atoms with E-state index in [1.807, 2.05) is 19.1 Å². The van der Waals surface area contributed by atoms with Crippen molar-refractivity contribution in [2.24, 2.45) is 10.9 Å². The molecule has 0 spiro atoms. The van der Waals surface area contributed by atoms with Gasteiger partial charge in [0.05, 0.1) is 5.57 Å². The molecule has 1 aliphatic rings. The highest BCUT2D eigenvalue weighted by molar-refractivity contribution is 5.97. The Bertz CT molecular complexity index is 503. The molecule has 0 atom stereocenters. The van der Waals surface area contributed by atoms with Crippen molar-refractivity contribution in [2.45, 2.75) is 26.7 Å². The number of allylic oxidation sites excluding steroid dienone is 4. The highest BCUT2D eigenvalue weighted by atomic mass is 16.1. The molecule has 1 amide bonds. The molecule has 1 saturated carbocycles. The summed E-state index contributed by atoms with van der Waals surface area (Å²) >= 11 is 0. The molecule has 3 heteroatoms. The Hall–Kier alpha value is -2.16. The van der Waals surface area contributed by atoms with E-state index in [0.29, 0.717) is 17.2 Å². The van der Waals surface area contributed by atoms with Gasteiger partial charge < -0.3 is 5.32 Å². The van der Waals surface area contributed by atoms with E-state index in [-0.39, 0.29) is 5.91 Å². The molecule has 1 fully saturated rings. The third-order valence-corrected chi connectivity index (χ3v) is 2.98. The Morgan fingerprint density at radius 2 is 2.00 bits per heavy atom. The van der Waals surface area contributed by atoms with Gasteiger partial charge in [-0.25, -0.2) is 0 Å². The van der Waals surface area contributed by atoms with Crippen LogP contribution in [0, 0.1) is 5.92 Å². The van der Waals surface area contributed by atoms with Gasteiger partial charge in [0.2, 0.25) is 0 Å². The normalized spacial score (nSPS) is 16.7. The zero-order chi connectivity index (χ0) is 15.0. The summed E-state index contributed by atoms with van der Waals surface area (Å²) in [6.07, 6.45) is 13.0. The predicted molar refractivity (Wildman–Crippen MR) is 85.3 cm³/mol. The first kappa shape index (κ1) is 15.9. The summed E-state index contributed by atoms with van der Waals surface area (Å²) in [5.41, 5.74) is 2.27. The van der Waals surface area contributed by atoms with Gasteiger partial charge in [-0.15, -0.1) is 0 Å². The third kappa shape index (κ3) is 5.22. The topological polar surface area (TPSA) is 41.5 Å². The smallest absolute Gasteiger partial charge is 0.257 e. The van der Waals surface area contributed by atoms with Crippen LogP contribution in [0.3, 0.4) is 0 Å². The number of hydrogen-bond donors (Lipinski definition) is 1. The van der Waals surface area contributed by atoms with Gasteiger partial charge in [0.25, 0.3) is 5.91 Å². The molecule has 0 heterocycles. The Morgan fingerprint density at radius 3 is 2.50 bits per heavy atom. The number of aliphatic imine (C=N–C) groups is 1. The van der Waals surface area contributed by atoms with Crippen LogP contribution in [0.15, 0.2) is 65.5 Å². The average molecular weight is 270 g/mol. The largest absolute Gasteiger partial charge is 0.323 e. The molecule has 1 rings (SSSR count). The summed E-state index contributed by atoms with van der Waals surface area (Å²) in [5.74, 6) is 0.427. The van der Waals surface area contributed by atoms with Crippen molar-refractivity contribution in [3.63, 3.8) is 0 Å².